The summed E-state index contributed by atoms with van der Waals surface area (Å²) in [7, 11) is 0. The molecule has 0 aliphatic carbocycles. The highest BCUT2D eigenvalue weighted by Gasteiger charge is 2.19. The van der Waals surface area contributed by atoms with Crippen LogP contribution in [0.2, 0.25) is 0 Å². The number of nitrogens with zero attached hydrogens (tertiary/aromatic N) is 3. The molecule has 100 valence electrons. The van der Waals surface area contributed by atoms with Crippen LogP contribution in [-0.4, -0.2) is 21.6 Å². The Balaban J connectivity index is 2.32. The lowest BCUT2D eigenvalue weighted by Crippen LogP contribution is -2.04. The van der Waals surface area contributed by atoms with Gasteiger partial charge in [0.1, 0.15) is 5.82 Å². The predicted octanol–water partition coefficient (Wildman–Crippen LogP) is 3.04. The van der Waals surface area contributed by atoms with Crippen molar-refractivity contribution in [1.82, 2.24) is 15.0 Å². The Morgan fingerprint density at radius 2 is 2.11 bits per heavy atom. The van der Waals surface area contributed by atoms with Crippen LogP contribution >= 0.6 is 0 Å². The lowest BCUT2D eigenvalue weighted by atomic mass is 10.1. The van der Waals surface area contributed by atoms with Gasteiger partial charge in [-0.2, -0.15) is 4.98 Å². The van der Waals surface area contributed by atoms with E-state index in [1.54, 1.807) is 0 Å². The SMILES string of the molecule is CCc1cc2nc(C(C)C)nc3c2c(n1)CCCO3. The number of hydrogen-bond donors (Lipinski definition) is 0. The molecule has 2 aromatic heterocycles. The van der Waals surface area contributed by atoms with Gasteiger partial charge in [0.05, 0.1) is 23.2 Å². The van der Waals surface area contributed by atoms with E-state index in [0.717, 1.165) is 53.3 Å². The van der Waals surface area contributed by atoms with Crippen LogP contribution in [0.15, 0.2) is 6.07 Å². The van der Waals surface area contributed by atoms with Gasteiger partial charge in [-0.25, -0.2) is 4.98 Å². The maximum absolute atomic E-state index is 5.79. The molecule has 2 aromatic rings. The topological polar surface area (TPSA) is 47.9 Å². The van der Waals surface area contributed by atoms with Gasteiger partial charge in [-0.1, -0.05) is 20.8 Å². The van der Waals surface area contributed by atoms with Crippen molar-refractivity contribution in [2.24, 2.45) is 0 Å². The number of ether oxygens (including phenoxy) is 1. The van der Waals surface area contributed by atoms with E-state index in [1.165, 1.54) is 0 Å². The van der Waals surface area contributed by atoms with Gasteiger partial charge in [0.15, 0.2) is 0 Å². The Labute approximate surface area is 113 Å². The predicted molar refractivity (Wildman–Crippen MR) is 74.6 cm³/mol. The number of aryl methyl sites for hydroxylation is 2. The van der Waals surface area contributed by atoms with Gasteiger partial charge >= 0.3 is 0 Å². The second-order valence-corrected chi connectivity index (χ2v) is 5.30. The van der Waals surface area contributed by atoms with Crippen LogP contribution < -0.4 is 4.74 Å². The highest BCUT2D eigenvalue weighted by Crippen LogP contribution is 2.30. The van der Waals surface area contributed by atoms with Crippen molar-refractivity contribution in [2.75, 3.05) is 6.61 Å². The Bertz CT molecular complexity index is 622. The molecule has 0 aromatic carbocycles. The molecule has 0 amide bonds. The largest absolute Gasteiger partial charge is 0.477 e. The zero-order valence-corrected chi connectivity index (χ0v) is 11.7. The van der Waals surface area contributed by atoms with Gasteiger partial charge in [-0.05, 0) is 25.3 Å². The molecule has 0 N–H and O–H groups in total. The Morgan fingerprint density at radius 1 is 1.26 bits per heavy atom. The molecule has 0 radical (unpaired) electrons. The van der Waals surface area contributed by atoms with Crippen LogP contribution in [0, 0.1) is 0 Å². The van der Waals surface area contributed by atoms with Crippen LogP contribution in [0.4, 0.5) is 0 Å². The zero-order valence-electron chi connectivity index (χ0n) is 11.7. The molecule has 3 heterocycles. The highest BCUT2D eigenvalue weighted by atomic mass is 16.5. The van der Waals surface area contributed by atoms with Gasteiger partial charge in [-0.3, -0.25) is 4.98 Å². The summed E-state index contributed by atoms with van der Waals surface area (Å²) in [6.07, 6.45) is 2.87. The molecule has 0 atom stereocenters. The summed E-state index contributed by atoms with van der Waals surface area (Å²) in [5, 5.41) is 1.01. The smallest absolute Gasteiger partial charge is 0.226 e. The molecule has 4 nitrogen and oxygen atoms in total. The quantitative estimate of drug-likeness (QED) is 0.829. The van der Waals surface area contributed by atoms with E-state index in [2.05, 4.69) is 31.8 Å². The Hall–Kier alpha value is -1.71. The van der Waals surface area contributed by atoms with Gasteiger partial charge in [0.2, 0.25) is 5.88 Å². The number of hydrogen-bond acceptors (Lipinski definition) is 4. The first-order valence-corrected chi connectivity index (χ1v) is 7.02. The average Bonchev–Trinajstić information content (AvgIpc) is 2.61. The fourth-order valence-electron chi connectivity index (χ4n) is 2.40. The first kappa shape index (κ1) is 12.3. The van der Waals surface area contributed by atoms with Crippen molar-refractivity contribution in [3.05, 3.63) is 23.3 Å². The third-order valence-electron chi connectivity index (χ3n) is 3.47. The van der Waals surface area contributed by atoms with E-state index in [9.17, 15) is 0 Å². The van der Waals surface area contributed by atoms with Crippen molar-refractivity contribution >= 4 is 10.9 Å². The third-order valence-corrected chi connectivity index (χ3v) is 3.47. The van der Waals surface area contributed by atoms with E-state index in [-0.39, 0.29) is 0 Å². The summed E-state index contributed by atoms with van der Waals surface area (Å²) in [5.41, 5.74) is 3.18. The number of aromatic nitrogens is 3. The van der Waals surface area contributed by atoms with Crippen molar-refractivity contribution < 1.29 is 4.74 Å². The first-order chi connectivity index (χ1) is 9.19. The number of pyridine rings is 1. The molecule has 0 fully saturated rings. The summed E-state index contributed by atoms with van der Waals surface area (Å²) in [6, 6.07) is 2.07. The van der Waals surface area contributed by atoms with Gasteiger partial charge in [-0.15, -0.1) is 0 Å². The van der Waals surface area contributed by atoms with Crippen molar-refractivity contribution in [2.45, 2.75) is 46.0 Å². The summed E-state index contributed by atoms with van der Waals surface area (Å²) in [4.78, 5) is 14.0. The maximum Gasteiger partial charge on any atom is 0.226 e. The maximum atomic E-state index is 5.79. The molecule has 4 heteroatoms. The average molecular weight is 257 g/mol. The van der Waals surface area contributed by atoms with Gasteiger partial charge in [0.25, 0.3) is 0 Å². The van der Waals surface area contributed by atoms with Crippen LogP contribution in [0.3, 0.4) is 0 Å². The molecule has 0 saturated carbocycles. The van der Waals surface area contributed by atoms with Crippen LogP contribution in [0.1, 0.15) is 50.3 Å². The summed E-state index contributed by atoms with van der Waals surface area (Å²) < 4.78 is 5.79. The van der Waals surface area contributed by atoms with Crippen LogP contribution in [-0.2, 0) is 12.8 Å². The lowest BCUT2D eigenvalue weighted by molar-refractivity contribution is 0.306. The Kier molecular flexibility index (Phi) is 3.09. The number of rotatable bonds is 2. The van der Waals surface area contributed by atoms with Crippen molar-refractivity contribution in [3.8, 4) is 5.88 Å². The fourth-order valence-corrected chi connectivity index (χ4v) is 2.40. The molecule has 0 bridgehead atoms. The van der Waals surface area contributed by atoms with E-state index < -0.39 is 0 Å². The summed E-state index contributed by atoms with van der Waals surface area (Å²) >= 11 is 0. The van der Waals surface area contributed by atoms with E-state index in [0.29, 0.717) is 12.5 Å². The molecular weight excluding hydrogens is 238 g/mol. The molecule has 0 spiro atoms. The van der Waals surface area contributed by atoms with E-state index in [4.69, 9.17) is 14.7 Å². The lowest BCUT2D eigenvalue weighted by Gasteiger charge is -2.11. The first-order valence-electron chi connectivity index (χ1n) is 7.02. The second kappa shape index (κ2) is 4.76. The molecular formula is C15H19N3O. The molecule has 1 aliphatic heterocycles. The molecule has 0 unspecified atom stereocenters. The second-order valence-electron chi connectivity index (χ2n) is 5.30. The summed E-state index contributed by atoms with van der Waals surface area (Å²) in [5.74, 6) is 1.87. The minimum absolute atomic E-state index is 0.300. The van der Waals surface area contributed by atoms with Crippen molar-refractivity contribution in [1.29, 1.82) is 0 Å². The minimum Gasteiger partial charge on any atom is -0.477 e. The van der Waals surface area contributed by atoms with Crippen LogP contribution in [0.25, 0.3) is 10.9 Å². The van der Waals surface area contributed by atoms with Crippen LogP contribution in [0.5, 0.6) is 5.88 Å². The highest BCUT2D eigenvalue weighted by molar-refractivity contribution is 5.86. The molecule has 0 saturated heterocycles. The molecule has 1 aliphatic rings. The third kappa shape index (κ3) is 2.15. The van der Waals surface area contributed by atoms with Crippen molar-refractivity contribution in [3.63, 3.8) is 0 Å². The standard InChI is InChI=1S/C15H19N3O/c1-4-10-8-12-13-11(16-10)6-5-7-19-15(13)18-14(17-12)9(2)3/h8-9H,4-7H2,1-3H3. The van der Waals surface area contributed by atoms with Gasteiger partial charge in [0, 0.05) is 11.6 Å². The zero-order chi connectivity index (χ0) is 13.4. The van der Waals surface area contributed by atoms with E-state index >= 15 is 0 Å². The fraction of sp³-hybridized carbons (Fsp3) is 0.533. The normalized spacial score (nSPS) is 14.5. The Morgan fingerprint density at radius 3 is 2.84 bits per heavy atom. The minimum atomic E-state index is 0.300. The molecule has 19 heavy (non-hydrogen) atoms. The summed E-state index contributed by atoms with van der Waals surface area (Å²) in [6.45, 7) is 7.04. The molecule has 3 rings (SSSR count). The monoisotopic (exact) mass is 257 g/mol. The van der Waals surface area contributed by atoms with E-state index in [1.807, 2.05) is 0 Å². The van der Waals surface area contributed by atoms with Gasteiger partial charge < -0.3 is 4.74 Å².